The van der Waals surface area contributed by atoms with Gasteiger partial charge >= 0.3 is 0 Å². The molecule has 150 valence electrons. The number of aromatic nitrogens is 2. The topological polar surface area (TPSA) is 65.9 Å². The maximum atomic E-state index is 5.98. The summed E-state index contributed by atoms with van der Waals surface area (Å²) in [6.45, 7) is 11.2. The fourth-order valence-corrected chi connectivity index (χ4v) is 3.10. The second-order valence-electron chi connectivity index (χ2n) is 6.96. The first kappa shape index (κ1) is 19.9. The number of piperazine rings is 1. The average Bonchev–Trinajstić information content (AvgIpc) is 2.73. The Morgan fingerprint density at radius 1 is 1.14 bits per heavy atom. The van der Waals surface area contributed by atoms with Crippen molar-refractivity contribution in [3.05, 3.63) is 48.3 Å². The summed E-state index contributed by atoms with van der Waals surface area (Å²) < 4.78 is 5.98. The number of ether oxygens (including phenoxy) is 1. The highest BCUT2D eigenvalue weighted by molar-refractivity contribution is 5.80. The van der Waals surface area contributed by atoms with Crippen molar-refractivity contribution in [2.75, 3.05) is 44.2 Å². The monoisotopic (exact) mass is 382 g/mol. The fourth-order valence-electron chi connectivity index (χ4n) is 3.10. The van der Waals surface area contributed by atoms with Crippen LogP contribution in [0, 0.1) is 6.92 Å². The van der Waals surface area contributed by atoms with Crippen LogP contribution in [-0.2, 0) is 0 Å². The van der Waals surface area contributed by atoms with E-state index in [1.165, 1.54) is 5.56 Å². The van der Waals surface area contributed by atoms with Gasteiger partial charge in [-0.2, -0.15) is 0 Å². The van der Waals surface area contributed by atoms with Crippen molar-refractivity contribution in [2.45, 2.75) is 26.9 Å². The van der Waals surface area contributed by atoms with E-state index in [-0.39, 0.29) is 6.10 Å². The van der Waals surface area contributed by atoms with Gasteiger partial charge in [0.05, 0.1) is 6.54 Å². The average molecular weight is 383 g/mol. The molecule has 1 atom stereocenters. The van der Waals surface area contributed by atoms with E-state index in [4.69, 9.17) is 9.73 Å². The van der Waals surface area contributed by atoms with Crippen LogP contribution in [0.2, 0.25) is 0 Å². The smallest absolute Gasteiger partial charge is 0.225 e. The second kappa shape index (κ2) is 9.92. The van der Waals surface area contributed by atoms with Crippen molar-refractivity contribution < 1.29 is 4.74 Å². The van der Waals surface area contributed by atoms with E-state index in [0.717, 1.165) is 50.4 Å². The third kappa shape index (κ3) is 5.58. The summed E-state index contributed by atoms with van der Waals surface area (Å²) in [6, 6.07) is 9.98. The minimum atomic E-state index is 0.00960. The van der Waals surface area contributed by atoms with Gasteiger partial charge in [-0.15, -0.1) is 0 Å². The summed E-state index contributed by atoms with van der Waals surface area (Å²) in [6.07, 6.45) is 3.58. The molecule has 0 bridgehead atoms. The Balaban J connectivity index is 1.54. The van der Waals surface area contributed by atoms with Crippen molar-refractivity contribution in [1.29, 1.82) is 0 Å². The number of hydrogen-bond acceptors (Lipinski definition) is 5. The molecular weight excluding hydrogens is 352 g/mol. The molecule has 2 heterocycles. The largest absolute Gasteiger partial charge is 0.489 e. The lowest BCUT2D eigenvalue weighted by Crippen LogP contribution is -2.53. The molecule has 28 heavy (non-hydrogen) atoms. The Labute approximate surface area is 167 Å². The quantitative estimate of drug-likeness (QED) is 0.611. The molecule has 3 rings (SSSR count). The van der Waals surface area contributed by atoms with Crippen molar-refractivity contribution in [2.24, 2.45) is 4.99 Å². The number of aryl methyl sites for hydroxylation is 1. The molecule has 7 nitrogen and oxygen atoms in total. The highest BCUT2D eigenvalue weighted by Gasteiger charge is 2.21. The van der Waals surface area contributed by atoms with Crippen LogP contribution in [0.5, 0.6) is 5.75 Å². The van der Waals surface area contributed by atoms with Gasteiger partial charge in [0.25, 0.3) is 0 Å². The molecule has 1 saturated heterocycles. The first-order valence-corrected chi connectivity index (χ1v) is 9.94. The van der Waals surface area contributed by atoms with Crippen LogP contribution in [0.1, 0.15) is 19.4 Å². The molecule has 0 saturated carbocycles. The van der Waals surface area contributed by atoms with Crippen molar-refractivity contribution >= 4 is 11.9 Å². The predicted molar refractivity (Wildman–Crippen MR) is 113 cm³/mol. The highest BCUT2D eigenvalue weighted by atomic mass is 16.5. The van der Waals surface area contributed by atoms with Crippen LogP contribution < -0.4 is 15.0 Å². The summed E-state index contributed by atoms with van der Waals surface area (Å²) in [5, 5.41) is 3.40. The van der Waals surface area contributed by atoms with Gasteiger partial charge in [-0.3, -0.25) is 0 Å². The van der Waals surface area contributed by atoms with Gasteiger partial charge in [0.2, 0.25) is 5.95 Å². The fraction of sp³-hybridized carbons (Fsp3) is 0.476. The summed E-state index contributed by atoms with van der Waals surface area (Å²) in [7, 11) is 0. The van der Waals surface area contributed by atoms with E-state index in [1.54, 1.807) is 12.4 Å². The van der Waals surface area contributed by atoms with E-state index in [0.29, 0.717) is 6.54 Å². The molecule has 1 aliphatic heterocycles. The first-order chi connectivity index (χ1) is 13.7. The lowest BCUT2D eigenvalue weighted by molar-refractivity contribution is 0.229. The van der Waals surface area contributed by atoms with E-state index < -0.39 is 0 Å². The number of anilines is 1. The zero-order valence-corrected chi connectivity index (χ0v) is 17.0. The van der Waals surface area contributed by atoms with E-state index >= 15 is 0 Å². The van der Waals surface area contributed by atoms with Gasteiger partial charge < -0.3 is 19.9 Å². The summed E-state index contributed by atoms with van der Waals surface area (Å²) in [5.41, 5.74) is 1.23. The van der Waals surface area contributed by atoms with Crippen LogP contribution in [0.25, 0.3) is 0 Å². The van der Waals surface area contributed by atoms with Gasteiger partial charge in [-0.1, -0.05) is 17.7 Å². The standard InChI is InChI=1S/C21H30N6O/c1-4-22-20(25-16-18(3)28-19-8-6-17(2)7-9-19)26-12-14-27(15-13-26)21-23-10-5-11-24-21/h5-11,18H,4,12-16H2,1-3H3,(H,22,25). The molecule has 0 amide bonds. The lowest BCUT2D eigenvalue weighted by Gasteiger charge is -2.36. The van der Waals surface area contributed by atoms with Gasteiger partial charge in [-0.05, 0) is 39.0 Å². The van der Waals surface area contributed by atoms with Crippen LogP contribution in [0.4, 0.5) is 5.95 Å². The Morgan fingerprint density at radius 2 is 1.82 bits per heavy atom. The molecule has 7 heteroatoms. The zero-order valence-electron chi connectivity index (χ0n) is 17.0. The van der Waals surface area contributed by atoms with Crippen molar-refractivity contribution in [3.63, 3.8) is 0 Å². The Kier molecular flexibility index (Phi) is 7.06. The molecule has 2 aromatic rings. The molecule has 0 aliphatic carbocycles. The first-order valence-electron chi connectivity index (χ1n) is 9.94. The van der Waals surface area contributed by atoms with Crippen LogP contribution in [0.3, 0.4) is 0 Å². The van der Waals surface area contributed by atoms with Gasteiger partial charge in [0, 0.05) is 45.1 Å². The second-order valence-corrected chi connectivity index (χ2v) is 6.96. The lowest BCUT2D eigenvalue weighted by atomic mass is 10.2. The van der Waals surface area contributed by atoms with Crippen molar-refractivity contribution in [1.82, 2.24) is 20.2 Å². The number of aliphatic imine (C=N–C) groups is 1. The molecule has 0 radical (unpaired) electrons. The molecule has 1 aromatic heterocycles. The van der Waals surface area contributed by atoms with Gasteiger partial charge in [0.1, 0.15) is 11.9 Å². The van der Waals surface area contributed by atoms with E-state index in [1.807, 2.05) is 18.2 Å². The Hall–Kier alpha value is -2.83. The van der Waals surface area contributed by atoms with E-state index in [2.05, 4.69) is 58.0 Å². The number of nitrogens with zero attached hydrogens (tertiary/aromatic N) is 5. The molecule has 1 aliphatic rings. The van der Waals surface area contributed by atoms with E-state index in [9.17, 15) is 0 Å². The Morgan fingerprint density at radius 3 is 2.46 bits per heavy atom. The highest BCUT2D eigenvalue weighted by Crippen LogP contribution is 2.14. The molecule has 1 N–H and O–H groups in total. The number of nitrogens with one attached hydrogen (secondary N) is 1. The molecule has 1 fully saturated rings. The van der Waals surface area contributed by atoms with Crippen LogP contribution in [-0.4, -0.2) is 66.2 Å². The zero-order chi connectivity index (χ0) is 19.8. The minimum Gasteiger partial charge on any atom is -0.489 e. The minimum absolute atomic E-state index is 0.00960. The summed E-state index contributed by atoms with van der Waals surface area (Å²) in [4.78, 5) is 18.0. The number of rotatable bonds is 6. The normalized spacial score (nSPS) is 16.0. The molecule has 1 aromatic carbocycles. The summed E-state index contributed by atoms with van der Waals surface area (Å²) >= 11 is 0. The maximum Gasteiger partial charge on any atom is 0.225 e. The Bertz CT molecular complexity index is 741. The molecule has 1 unspecified atom stereocenters. The number of hydrogen-bond donors (Lipinski definition) is 1. The van der Waals surface area contributed by atoms with Crippen LogP contribution in [0.15, 0.2) is 47.7 Å². The third-order valence-electron chi connectivity index (χ3n) is 4.61. The number of benzene rings is 1. The third-order valence-corrected chi connectivity index (χ3v) is 4.61. The van der Waals surface area contributed by atoms with Gasteiger partial charge in [-0.25, -0.2) is 15.0 Å². The maximum absolute atomic E-state index is 5.98. The SMILES string of the molecule is CCNC(=NCC(C)Oc1ccc(C)cc1)N1CCN(c2ncccn2)CC1. The van der Waals surface area contributed by atoms with Crippen molar-refractivity contribution in [3.8, 4) is 5.75 Å². The molecule has 0 spiro atoms. The summed E-state index contributed by atoms with van der Waals surface area (Å²) in [5.74, 6) is 2.62. The van der Waals surface area contributed by atoms with Gasteiger partial charge in [0.15, 0.2) is 5.96 Å². The predicted octanol–water partition coefficient (Wildman–Crippen LogP) is 2.34. The molecular formula is C21H30N6O. The van der Waals surface area contributed by atoms with Crippen LogP contribution >= 0.6 is 0 Å². The number of guanidine groups is 1.